The Kier molecular flexibility index (Phi) is 5.25. The first-order valence-corrected chi connectivity index (χ1v) is 8.89. The Bertz CT molecular complexity index is 688. The monoisotopic (exact) mass is 346 g/mol. The van der Waals surface area contributed by atoms with Gasteiger partial charge in [-0.15, -0.1) is 11.3 Å². The first-order chi connectivity index (χ1) is 11.7. The molecule has 0 saturated carbocycles. The van der Waals surface area contributed by atoms with Crippen LogP contribution in [-0.2, 0) is 6.54 Å². The van der Waals surface area contributed by atoms with Crippen LogP contribution in [0, 0.1) is 0 Å². The van der Waals surface area contributed by atoms with E-state index in [1.165, 1.54) is 0 Å². The lowest BCUT2D eigenvalue weighted by molar-refractivity contribution is 0.192. The molecule has 6 heteroatoms. The maximum atomic E-state index is 12.6. The minimum Gasteiger partial charge on any atom is -0.493 e. The minimum absolute atomic E-state index is 0.0133. The van der Waals surface area contributed by atoms with E-state index in [1.807, 2.05) is 40.6 Å². The summed E-state index contributed by atoms with van der Waals surface area (Å²) >= 11 is 1.65. The van der Waals surface area contributed by atoms with Crippen molar-refractivity contribution in [2.24, 2.45) is 0 Å². The number of urea groups is 1. The van der Waals surface area contributed by atoms with Crippen LogP contribution in [0.15, 0.2) is 35.7 Å². The van der Waals surface area contributed by atoms with Crippen molar-refractivity contribution in [3.05, 3.63) is 46.2 Å². The van der Waals surface area contributed by atoms with Gasteiger partial charge < -0.3 is 19.7 Å². The quantitative estimate of drug-likeness (QED) is 0.895. The molecule has 0 spiro atoms. The molecule has 1 saturated heterocycles. The summed E-state index contributed by atoms with van der Waals surface area (Å²) in [5, 5.41) is 5.04. The third kappa shape index (κ3) is 3.48. The SMILES string of the molecule is COc1ccc([C@H]2CCCN2C(=O)NCc2cccs2)cc1OC. The van der Waals surface area contributed by atoms with E-state index < -0.39 is 0 Å². The van der Waals surface area contributed by atoms with Gasteiger partial charge in [0.25, 0.3) is 0 Å². The van der Waals surface area contributed by atoms with Gasteiger partial charge in [0.2, 0.25) is 0 Å². The topological polar surface area (TPSA) is 50.8 Å². The van der Waals surface area contributed by atoms with E-state index in [4.69, 9.17) is 9.47 Å². The second-order valence-electron chi connectivity index (χ2n) is 5.70. The van der Waals surface area contributed by atoms with Crippen LogP contribution in [0.4, 0.5) is 4.79 Å². The summed E-state index contributed by atoms with van der Waals surface area (Å²) in [6, 6.07) is 9.96. The predicted octanol–water partition coefficient (Wildman–Crippen LogP) is 3.81. The molecule has 5 nitrogen and oxygen atoms in total. The zero-order valence-corrected chi connectivity index (χ0v) is 14.8. The van der Waals surface area contributed by atoms with E-state index in [2.05, 4.69) is 5.32 Å². The van der Waals surface area contributed by atoms with E-state index in [0.29, 0.717) is 18.0 Å². The number of benzene rings is 1. The summed E-state index contributed by atoms with van der Waals surface area (Å²) < 4.78 is 10.7. The molecular weight excluding hydrogens is 324 g/mol. The number of hydrogen-bond donors (Lipinski definition) is 1. The van der Waals surface area contributed by atoms with E-state index in [9.17, 15) is 4.79 Å². The normalized spacial score (nSPS) is 16.9. The van der Waals surface area contributed by atoms with Crippen molar-refractivity contribution in [2.75, 3.05) is 20.8 Å². The van der Waals surface area contributed by atoms with Crippen molar-refractivity contribution in [3.63, 3.8) is 0 Å². The Morgan fingerprint density at radius 2 is 2.12 bits per heavy atom. The molecule has 1 aliphatic rings. The molecule has 3 rings (SSSR count). The highest BCUT2D eigenvalue weighted by Gasteiger charge is 2.30. The Morgan fingerprint density at radius 1 is 1.29 bits per heavy atom. The molecular formula is C18H22N2O3S. The molecule has 1 aromatic heterocycles. The predicted molar refractivity (Wildman–Crippen MR) is 94.8 cm³/mol. The summed E-state index contributed by atoms with van der Waals surface area (Å²) in [4.78, 5) is 15.6. The average Bonchev–Trinajstić information content (AvgIpc) is 3.30. The number of nitrogens with zero attached hydrogens (tertiary/aromatic N) is 1. The molecule has 1 aliphatic heterocycles. The van der Waals surface area contributed by atoms with E-state index in [1.54, 1.807) is 25.6 Å². The molecule has 0 bridgehead atoms. The van der Waals surface area contributed by atoms with Crippen LogP contribution in [0.2, 0.25) is 0 Å². The number of thiophene rings is 1. The van der Waals surface area contributed by atoms with Crippen LogP contribution < -0.4 is 14.8 Å². The molecule has 1 fully saturated rings. The van der Waals surface area contributed by atoms with Gasteiger partial charge in [-0.05, 0) is 42.0 Å². The lowest BCUT2D eigenvalue weighted by atomic mass is 10.0. The Hall–Kier alpha value is -2.21. The summed E-state index contributed by atoms with van der Waals surface area (Å²) in [7, 11) is 3.25. The smallest absolute Gasteiger partial charge is 0.318 e. The number of rotatable bonds is 5. The maximum absolute atomic E-state index is 12.6. The summed E-state index contributed by atoms with van der Waals surface area (Å²) in [5.41, 5.74) is 1.08. The molecule has 2 aromatic rings. The summed E-state index contributed by atoms with van der Waals surface area (Å²) in [5.74, 6) is 1.40. The Balaban J connectivity index is 1.71. The molecule has 1 aromatic carbocycles. The van der Waals surface area contributed by atoms with Gasteiger partial charge in [0.05, 0.1) is 26.8 Å². The number of methoxy groups -OCH3 is 2. The van der Waals surface area contributed by atoms with Crippen molar-refractivity contribution >= 4 is 17.4 Å². The molecule has 128 valence electrons. The van der Waals surface area contributed by atoms with Gasteiger partial charge in [-0.1, -0.05) is 12.1 Å². The minimum atomic E-state index is -0.0133. The average molecular weight is 346 g/mol. The largest absolute Gasteiger partial charge is 0.493 e. The highest BCUT2D eigenvalue weighted by Crippen LogP contribution is 2.36. The molecule has 0 aliphatic carbocycles. The molecule has 1 atom stereocenters. The number of carbonyl (C=O) groups excluding carboxylic acids is 1. The molecule has 2 amide bonds. The van der Waals surface area contributed by atoms with Crippen molar-refractivity contribution in [1.82, 2.24) is 10.2 Å². The van der Waals surface area contributed by atoms with E-state index in [0.717, 1.165) is 29.8 Å². The first kappa shape index (κ1) is 16.6. The van der Waals surface area contributed by atoms with Gasteiger partial charge >= 0.3 is 6.03 Å². The van der Waals surface area contributed by atoms with Crippen LogP contribution in [0.1, 0.15) is 29.3 Å². The maximum Gasteiger partial charge on any atom is 0.318 e. The van der Waals surface area contributed by atoms with Crippen molar-refractivity contribution < 1.29 is 14.3 Å². The fourth-order valence-electron chi connectivity index (χ4n) is 3.09. The number of nitrogens with one attached hydrogen (secondary N) is 1. The fourth-order valence-corrected chi connectivity index (χ4v) is 3.74. The fraction of sp³-hybridized carbons (Fsp3) is 0.389. The van der Waals surface area contributed by atoms with Crippen LogP contribution in [0.5, 0.6) is 11.5 Å². The molecule has 0 unspecified atom stereocenters. The van der Waals surface area contributed by atoms with Gasteiger partial charge in [-0.25, -0.2) is 4.79 Å². The van der Waals surface area contributed by atoms with Crippen molar-refractivity contribution in [1.29, 1.82) is 0 Å². The van der Waals surface area contributed by atoms with Gasteiger partial charge in [0.1, 0.15) is 0 Å². The van der Waals surface area contributed by atoms with E-state index in [-0.39, 0.29) is 12.1 Å². The summed E-state index contributed by atoms with van der Waals surface area (Å²) in [6.45, 7) is 1.35. The molecule has 0 radical (unpaired) electrons. The van der Waals surface area contributed by atoms with E-state index >= 15 is 0 Å². The second kappa shape index (κ2) is 7.57. The van der Waals surface area contributed by atoms with Crippen LogP contribution in [0.3, 0.4) is 0 Å². The molecule has 24 heavy (non-hydrogen) atoms. The van der Waals surface area contributed by atoms with Crippen LogP contribution in [-0.4, -0.2) is 31.7 Å². The molecule has 1 N–H and O–H groups in total. The summed E-state index contributed by atoms with van der Waals surface area (Å²) in [6.07, 6.45) is 1.97. The van der Waals surface area contributed by atoms with Gasteiger partial charge in [-0.2, -0.15) is 0 Å². The second-order valence-corrected chi connectivity index (χ2v) is 6.74. The zero-order valence-electron chi connectivity index (χ0n) is 14.0. The number of carbonyl (C=O) groups is 1. The van der Waals surface area contributed by atoms with Crippen molar-refractivity contribution in [3.8, 4) is 11.5 Å². The standard InChI is InChI=1S/C18H22N2O3S/c1-22-16-8-7-13(11-17(16)23-2)15-6-3-9-20(15)18(21)19-12-14-5-4-10-24-14/h4-5,7-8,10-11,15H,3,6,9,12H2,1-2H3,(H,19,21)/t15-/m1/s1. The first-order valence-electron chi connectivity index (χ1n) is 8.01. The molecule has 2 heterocycles. The number of ether oxygens (including phenoxy) is 2. The lowest BCUT2D eigenvalue weighted by Gasteiger charge is -2.26. The lowest BCUT2D eigenvalue weighted by Crippen LogP contribution is -2.39. The van der Waals surface area contributed by atoms with Gasteiger partial charge in [0.15, 0.2) is 11.5 Å². The Labute approximate surface area is 146 Å². The van der Waals surface area contributed by atoms with Crippen LogP contribution >= 0.6 is 11.3 Å². The number of amides is 2. The van der Waals surface area contributed by atoms with Gasteiger partial charge in [-0.3, -0.25) is 0 Å². The number of likely N-dealkylation sites (tertiary alicyclic amines) is 1. The highest BCUT2D eigenvalue weighted by molar-refractivity contribution is 7.09. The van der Waals surface area contributed by atoms with Gasteiger partial charge in [0, 0.05) is 11.4 Å². The van der Waals surface area contributed by atoms with Crippen molar-refractivity contribution in [2.45, 2.75) is 25.4 Å². The van der Waals surface area contributed by atoms with Crippen LogP contribution in [0.25, 0.3) is 0 Å². The number of hydrogen-bond acceptors (Lipinski definition) is 4. The highest BCUT2D eigenvalue weighted by atomic mass is 32.1. The third-order valence-corrected chi connectivity index (χ3v) is 5.18. The Morgan fingerprint density at radius 3 is 2.83 bits per heavy atom. The zero-order chi connectivity index (χ0) is 16.9. The third-order valence-electron chi connectivity index (χ3n) is 4.30.